The van der Waals surface area contributed by atoms with Gasteiger partial charge in [0.1, 0.15) is 11.4 Å². The van der Waals surface area contributed by atoms with Crippen LogP contribution in [0.15, 0.2) is 54.7 Å². The molecule has 1 saturated carbocycles. The Morgan fingerprint density at radius 2 is 1.66 bits per heavy atom. The monoisotopic (exact) mass is 480 g/mol. The summed E-state index contributed by atoms with van der Waals surface area (Å²) in [6.07, 6.45) is 4.78. The second-order valence-corrected chi connectivity index (χ2v) is 8.49. The number of amides is 1. The van der Waals surface area contributed by atoms with E-state index in [9.17, 15) is 14.0 Å². The van der Waals surface area contributed by atoms with E-state index in [0.717, 1.165) is 23.7 Å². The SMILES string of the molecule is CC.CC(=O)C1(O)CC1.CCCN(CCC)C(=O)c1ccc(-c2cnc3ccccc3c2)c(F)c1. The number of aromatic nitrogens is 1. The number of nitrogens with zero attached hydrogens (tertiary/aromatic N) is 2. The largest absolute Gasteiger partial charge is 0.382 e. The summed E-state index contributed by atoms with van der Waals surface area (Å²) in [4.78, 5) is 29.1. The van der Waals surface area contributed by atoms with Crippen molar-refractivity contribution in [2.45, 2.75) is 65.9 Å². The molecule has 0 bridgehead atoms. The van der Waals surface area contributed by atoms with Gasteiger partial charge in [0.25, 0.3) is 5.91 Å². The van der Waals surface area contributed by atoms with Gasteiger partial charge < -0.3 is 10.0 Å². The summed E-state index contributed by atoms with van der Waals surface area (Å²) in [6, 6.07) is 14.4. The number of pyridine rings is 1. The summed E-state index contributed by atoms with van der Waals surface area (Å²) in [5, 5.41) is 9.82. The lowest BCUT2D eigenvalue weighted by atomic mass is 10.0. The van der Waals surface area contributed by atoms with Gasteiger partial charge in [-0.05, 0) is 56.9 Å². The molecule has 0 saturated heterocycles. The van der Waals surface area contributed by atoms with Crippen LogP contribution in [-0.4, -0.2) is 45.4 Å². The van der Waals surface area contributed by atoms with Crippen LogP contribution in [0.4, 0.5) is 4.39 Å². The molecule has 6 heteroatoms. The molecule has 4 rings (SSSR count). The minimum Gasteiger partial charge on any atom is -0.382 e. The van der Waals surface area contributed by atoms with Crippen molar-refractivity contribution in [2.75, 3.05) is 13.1 Å². The van der Waals surface area contributed by atoms with Crippen LogP contribution >= 0.6 is 0 Å². The fourth-order valence-corrected chi connectivity index (χ4v) is 3.61. The van der Waals surface area contributed by atoms with E-state index in [0.29, 0.717) is 42.6 Å². The third-order valence-electron chi connectivity index (χ3n) is 5.77. The van der Waals surface area contributed by atoms with Crippen molar-refractivity contribution in [3.8, 4) is 11.1 Å². The van der Waals surface area contributed by atoms with Gasteiger partial charge in [0, 0.05) is 41.4 Å². The highest BCUT2D eigenvalue weighted by atomic mass is 19.1. The maximum Gasteiger partial charge on any atom is 0.253 e. The van der Waals surface area contributed by atoms with Crippen LogP contribution in [0.1, 0.15) is 70.7 Å². The van der Waals surface area contributed by atoms with E-state index in [2.05, 4.69) is 4.98 Å². The summed E-state index contributed by atoms with van der Waals surface area (Å²) >= 11 is 0. The number of hydrogen-bond donors (Lipinski definition) is 1. The molecular weight excluding hydrogens is 443 g/mol. The lowest BCUT2D eigenvalue weighted by molar-refractivity contribution is -0.126. The summed E-state index contributed by atoms with van der Waals surface area (Å²) in [5.41, 5.74) is 1.54. The first-order valence-electron chi connectivity index (χ1n) is 12.5. The Balaban J connectivity index is 0.000000407. The Bertz CT molecular complexity index is 1140. The number of Topliss-reactive ketones (excluding diaryl/α,β-unsaturated/α-hetero) is 1. The number of benzene rings is 2. The number of ketones is 1. The minimum atomic E-state index is -0.889. The third-order valence-corrected chi connectivity index (χ3v) is 5.77. The molecule has 0 radical (unpaired) electrons. The molecule has 0 unspecified atom stereocenters. The van der Waals surface area contributed by atoms with E-state index >= 15 is 0 Å². The Morgan fingerprint density at radius 3 is 2.17 bits per heavy atom. The highest BCUT2D eigenvalue weighted by Crippen LogP contribution is 2.35. The van der Waals surface area contributed by atoms with E-state index in [1.54, 1.807) is 23.2 Å². The topological polar surface area (TPSA) is 70.5 Å². The predicted molar refractivity (Wildman–Crippen MR) is 140 cm³/mol. The molecule has 5 nitrogen and oxygen atoms in total. The molecule has 0 spiro atoms. The molecule has 0 aliphatic heterocycles. The first-order valence-corrected chi connectivity index (χ1v) is 12.5. The van der Waals surface area contributed by atoms with Gasteiger partial charge in [-0.1, -0.05) is 52.0 Å². The average molecular weight is 481 g/mol. The Kier molecular flexibility index (Phi) is 10.5. The Labute approximate surface area is 208 Å². The van der Waals surface area contributed by atoms with Crippen molar-refractivity contribution in [3.05, 3.63) is 66.1 Å². The maximum atomic E-state index is 14.7. The number of carbonyl (C=O) groups is 2. The van der Waals surface area contributed by atoms with Crippen molar-refractivity contribution >= 4 is 22.6 Å². The smallest absolute Gasteiger partial charge is 0.253 e. The van der Waals surface area contributed by atoms with E-state index < -0.39 is 11.4 Å². The molecule has 3 aromatic rings. The van der Waals surface area contributed by atoms with Gasteiger partial charge in [-0.15, -0.1) is 0 Å². The second-order valence-electron chi connectivity index (χ2n) is 8.49. The van der Waals surface area contributed by atoms with Crippen LogP contribution in [-0.2, 0) is 4.79 Å². The van der Waals surface area contributed by atoms with Gasteiger partial charge in [-0.25, -0.2) is 4.39 Å². The molecule has 35 heavy (non-hydrogen) atoms. The minimum absolute atomic E-state index is 0.0903. The van der Waals surface area contributed by atoms with Crippen LogP contribution in [0, 0.1) is 5.82 Å². The van der Waals surface area contributed by atoms with Crippen LogP contribution < -0.4 is 0 Å². The molecule has 1 aliphatic rings. The molecule has 1 aromatic heterocycles. The number of halogens is 1. The highest BCUT2D eigenvalue weighted by Gasteiger charge is 2.44. The van der Waals surface area contributed by atoms with E-state index in [4.69, 9.17) is 5.11 Å². The van der Waals surface area contributed by atoms with E-state index in [1.165, 1.54) is 13.0 Å². The first kappa shape index (κ1) is 28.1. The van der Waals surface area contributed by atoms with Crippen molar-refractivity contribution in [3.63, 3.8) is 0 Å². The van der Waals surface area contributed by atoms with Gasteiger partial charge in [0.15, 0.2) is 5.78 Å². The average Bonchev–Trinajstić information content (AvgIpc) is 3.63. The Hall–Kier alpha value is -3.12. The molecule has 1 heterocycles. The fraction of sp³-hybridized carbons (Fsp3) is 0.414. The molecule has 1 fully saturated rings. The lowest BCUT2D eigenvalue weighted by Gasteiger charge is -2.21. The fourth-order valence-electron chi connectivity index (χ4n) is 3.61. The first-order chi connectivity index (χ1) is 16.8. The second kappa shape index (κ2) is 13.1. The van der Waals surface area contributed by atoms with Crippen LogP contribution in [0.25, 0.3) is 22.0 Å². The van der Waals surface area contributed by atoms with Crippen LogP contribution in [0.2, 0.25) is 0 Å². The predicted octanol–water partition coefficient (Wildman–Crippen LogP) is 6.43. The quantitative estimate of drug-likeness (QED) is 0.423. The molecular formula is C29H37FN2O3. The van der Waals surface area contributed by atoms with Crippen LogP contribution in [0.3, 0.4) is 0 Å². The van der Waals surface area contributed by atoms with E-state index in [1.807, 2.05) is 58.0 Å². The van der Waals surface area contributed by atoms with Crippen molar-refractivity contribution < 1.29 is 19.1 Å². The van der Waals surface area contributed by atoms with E-state index in [-0.39, 0.29) is 11.7 Å². The van der Waals surface area contributed by atoms with Gasteiger partial charge in [0.2, 0.25) is 0 Å². The zero-order valence-electron chi connectivity index (χ0n) is 21.5. The third kappa shape index (κ3) is 7.43. The van der Waals surface area contributed by atoms with Gasteiger partial charge >= 0.3 is 0 Å². The van der Waals surface area contributed by atoms with Crippen molar-refractivity contribution in [1.82, 2.24) is 9.88 Å². The zero-order valence-corrected chi connectivity index (χ0v) is 21.5. The highest BCUT2D eigenvalue weighted by molar-refractivity contribution is 5.95. The lowest BCUT2D eigenvalue weighted by Crippen LogP contribution is -2.32. The molecule has 2 aromatic carbocycles. The number of para-hydroxylation sites is 1. The molecule has 1 aliphatic carbocycles. The molecule has 1 N–H and O–H groups in total. The number of aliphatic hydroxyl groups is 1. The number of fused-ring (bicyclic) bond motifs is 1. The van der Waals surface area contributed by atoms with Gasteiger partial charge in [-0.3, -0.25) is 14.6 Å². The van der Waals surface area contributed by atoms with Crippen molar-refractivity contribution in [2.24, 2.45) is 0 Å². The Morgan fingerprint density at radius 1 is 1.03 bits per heavy atom. The van der Waals surface area contributed by atoms with Gasteiger partial charge in [0.05, 0.1) is 5.52 Å². The standard InChI is InChI=1S/C22H23FN2O.C5H8O2.C2H6/c1-3-11-25(12-4-2)22(26)17-9-10-19(20(23)14-17)18-13-16-7-5-6-8-21(16)24-15-18;1-4(6)5(7)2-3-5;1-2/h5-10,13-15H,3-4,11-12H2,1-2H3;7H,2-3H2,1H3;1-2H3. The molecule has 0 atom stereocenters. The normalized spacial score (nSPS) is 13.1. The molecule has 1 amide bonds. The molecule has 188 valence electrons. The number of carbonyl (C=O) groups excluding carboxylic acids is 2. The maximum absolute atomic E-state index is 14.7. The van der Waals surface area contributed by atoms with Crippen LogP contribution in [0.5, 0.6) is 0 Å². The summed E-state index contributed by atoms with van der Waals surface area (Å²) in [5.74, 6) is -0.607. The number of hydrogen-bond acceptors (Lipinski definition) is 4. The van der Waals surface area contributed by atoms with Gasteiger partial charge in [-0.2, -0.15) is 0 Å². The summed E-state index contributed by atoms with van der Waals surface area (Å²) in [6.45, 7) is 10.9. The summed E-state index contributed by atoms with van der Waals surface area (Å²) < 4.78 is 14.7. The zero-order chi connectivity index (χ0) is 26.0. The summed E-state index contributed by atoms with van der Waals surface area (Å²) in [7, 11) is 0. The van der Waals surface area contributed by atoms with Crippen molar-refractivity contribution in [1.29, 1.82) is 0 Å². The number of rotatable bonds is 7.